The van der Waals surface area contributed by atoms with E-state index >= 15 is 0 Å². The first-order chi connectivity index (χ1) is 8.70. The molecule has 2 aromatic rings. The topological polar surface area (TPSA) is 0 Å². The Morgan fingerprint density at radius 2 is 1.33 bits per heavy atom. The van der Waals surface area contributed by atoms with Crippen molar-refractivity contribution in [1.82, 2.24) is 0 Å². The Morgan fingerprint density at radius 1 is 0.833 bits per heavy atom. The van der Waals surface area contributed by atoms with Crippen LogP contribution in [0.4, 0.5) is 0 Å². The van der Waals surface area contributed by atoms with Gasteiger partial charge in [-0.3, -0.25) is 0 Å². The van der Waals surface area contributed by atoms with Crippen molar-refractivity contribution in [3.05, 3.63) is 59.7 Å². The first-order valence-corrected chi connectivity index (χ1v) is 8.14. The van der Waals surface area contributed by atoms with E-state index in [4.69, 9.17) is 0 Å². The summed E-state index contributed by atoms with van der Waals surface area (Å²) in [6, 6.07) is 18.0. The van der Waals surface area contributed by atoms with Gasteiger partial charge in [0.1, 0.15) is 0 Å². The quantitative estimate of drug-likeness (QED) is 0.721. The van der Waals surface area contributed by atoms with Crippen molar-refractivity contribution in [2.75, 3.05) is 6.16 Å². The molecular formula is C17H21P. The predicted molar refractivity (Wildman–Crippen MR) is 83.7 cm³/mol. The van der Waals surface area contributed by atoms with Crippen LogP contribution in [0, 0.1) is 13.8 Å². The molecule has 0 N–H and O–H groups in total. The molecule has 0 nitrogen and oxygen atoms in total. The van der Waals surface area contributed by atoms with E-state index in [0.29, 0.717) is 0 Å². The molecule has 0 unspecified atom stereocenters. The van der Waals surface area contributed by atoms with E-state index in [1.54, 1.807) is 0 Å². The van der Waals surface area contributed by atoms with Crippen LogP contribution in [0.25, 0.3) is 0 Å². The first-order valence-electron chi connectivity index (χ1n) is 6.61. The van der Waals surface area contributed by atoms with E-state index in [2.05, 4.69) is 69.3 Å². The second kappa shape index (κ2) is 6.16. The summed E-state index contributed by atoms with van der Waals surface area (Å²) in [5, 5.41) is 3.02. The Bertz CT molecular complexity index is 471. The van der Waals surface area contributed by atoms with Crippen LogP contribution in [0.5, 0.6) is 0 Å². The van der Waals surface area contributed by atoms with Crippen LogP contribution in [-0.4, -0.2) is 6.16 Å². The van der Waals surface area contributed by atoms with Crippen molar-refractivity contribution in [3.8, 4) is 0 Å². The van der Waals surface area contributed by atoms with Crippen LogP contribution in [0.2, 0.25) is 0 Å². The van der Waals surface area contributed by atoms with Gasteiger partial charge in [-0.05, 0) is 38.5 Å². The second-order valence-electron chi connectivity index (χ2n) is 4.83. The van der Waals surface area contributed by atoms with Crippen LogP contribution in [0.15, 0.2) is 48.5 Å². The Kier molecular flexibility index (Phi) is 4.55. The highest BCUT2D eigenvalue weighted by molar-refractivity contribution is 7.73. The normalized spacial score (nSPS) is 10.9. The maximum Gasteiger partial charge on any atom is -0.0193 e. The van der Waals surface area contributed by atoms with E-state index in [-0.39, 0.29) is 7.92 Å². The second-order valence-corrected chi connectivity index (χ2v) is 7.17. The van der Waals surface area contributed by atoms with Gasteiger partial charge < -0.3 is 0 Å². The predicted octanol–water partition coefficient (Wildman–Crippen LogP) is 4.15. The maximum absolute atomic E-state index is 2.35. The molecule has 0 aromatic heterocycles. The largest absolute Gasteiger partial charge is 0.0650 e. The minimum absolute atomic E-state index is 0.183. The van der Waals surface area contributed by atoms with Gasteiger partial charge in [0.15, 0.2) is 0 Å². The minimum Gasteiger partial charge on any atom is -0.0650 e. The third-order valence-electron chi connectivity index (χ3n) is 3.07. The number of rotatable bonds is 4. The Hall–Kier alpha value is -1.13. The molecular weight excluding hydrogens is 235 g/mol. The van der Waals surface area contributed by atoms with Crippen molar-refractivity contribution >= 4 is 18.5 Å². The minimum atomic E-state index is -0.183. The zero-order valence-electron chi connectivity index (χ0n) is 11.5. The molecule has 0 aliphatic carbocycles. The molecule has 0 saturated heterocycles. The molecule has 2 rings (SSSR count). The van der Waals surface area contributed by atoms with Crippen molar-refractivity contribution in [3.63, 3.8) is 0 Å². The fourth-order valence-electron chi connectivity index (χ4n) is 2.22. The molecule has 0 amide bonds. The van der Waals surface area contributed by atoms with Gasteiger partial charge in [0.05, 0.1) is 0 Å². The highest BCUT2D eigenvalue weighted by atomic mass is 31.1. The monoisotopic (exact) mass is 256 g/mol. The third kappa shape index (κ3) is 3.21. The lowest BCUT2D eigenvalue weighted by Gasteiger charge is -2.19. The lowest BCUT2D eigenvalue weighted by Crippen LogP contribution is -2.14. The van der Waals surface area contributed by atoms with E-state index in [1.807, 2.05) is 0 Å². The van der Waals surface area contributed by atoms with Gasteiger partial charge in [-0.1, -0.05) is 73.0 Å². The summed E-state index contributed by atoms with van der Waals surface area (Å²) >= 11 is 0. The van der Waals surface area contributed by atoms with Crippen LogP contribution < -0.4 is 10.6 Å². The fourth-order valence-corrected chi connectivity index (χ4v) is 4.74. The fraction of sp³-hybridized carbons (Fsp3) is 0.294. The average molecular weight is 256 g/mol. The molecule has 2 aromatic carbocycles. The molecule has 18 heavy (non-hydrogen) atoms. The van der Waals surface area contributed by atoms with Crippen LogP contribution in [0.3, 0.4) is 0 Å². The van der Waals surface area contributed by atoms with Gasteiger partial charge in [-0.15, -0.1) is 0 Å². The third-order valence-corrected chi connectivity index (χ3v) is 5.77. The number of aryl methyl sites for hydroxylation is 2. The SMILES string of the molecule is CCCP(c1cccc(C)c1)c1cccc(C)c1. The molecule has 94 valence electrons. The molecule has 0 radical (unpaired) electrons. The summed E-state index contributed by atoms with van der Waals surface area (Å²) in [5.41, 5.74) is 2.73. The summed E-state index contributed by atoms with van der Waals surface area (Å²) < 4.78 is 0. The van der Waals surface area contributed by atoms with Crippen molar-refractivity contribution in [2.45, 2.75) is 27.2 Å². The molecule has 0 atom stereocenters. The zero-order valence-corrected chi connectivity index (χ0v) is 12.4. The Morgan fingerprint density at radius 3 is 1.72 bits per heavy atom. The smallest absolute Gasteiger partial charge is 0.0193 e. The summed E-state index contributed by atoms with van der Waals surface area (Å²) in [6.45, 7) is 6.64. The lowest BCUT2D eigenvalue weighted by molar-refractivity contribution is 1.10. The first kappa shape index (κ1) is 13.3. The molecule has 0 spiro atoms. The Labute approximate surface area is 112 Å². The number of benzene rings is 2. The summed E-state index contributed by atoms with van der Waals surface area (Å²) in [4.78, 5) is 0. The van der Waals surface area contributed by atoms with E-state index in [9.17, 15) is 0 Å². The molecule has 0 aliphatic rings. The summed E-state index contributed by atoms with van der Waals surface area (Å²) in [6.07, 6.45) is 2.52. The van der Waals surface area contributed by atoms with Gasteiger partial charge in [0.2, 0.25) is 0 Å². The maximum atomic E-state index is 2.35. The standard InChI is InChI=1S/C17H21P/c1-4-11-18(16-9-5-7-14(2)12-16)17-10-6-8-15(3)13-17/h5-10,12-13H,4,11H2,1-3H3. The van der Waals surface area contributed by atoms with Gasteiger partial charge in [-0.2, -0.15) is 0 Å². The molecule has 0 heterocycles. The molecule has 0 saturated carbocycles. The van der Waals surface area contributed by atoms with Gasteiger partial charge in [0.25, 0.3) is 0 Å². The Balaban J connectivity index is 2.39. The van der Waals surface area contributed by atoms with Crippen LogP contribution >= 0.6 is 7.92 Å². The highest BCUT2D eigenvalue weighted by Gasteiger charge is 2.12. The molecule has 1 heteroatoms. The van der Waals surface area contributed by atoms with Crippen molar-refractivity contribution in [2.24, 2.45) is 0 Å². The molecule has 0 aliphatic heterocycles. The van der Waals surface area contributed by atoms with Crippen molar-refractivity contribution < 1.29 is 0 Å². The lowest BCUT2D eigenvalue weighted by atomic mass is 10.2. The summed E-state index contributed by atoms with van der Waals surface area (Å²) in [7, 11) is -0.183. The van der Waals surface area contributed by atoms with Crippen molar-refractivity contribution in [1.29, 1.82) is 0 Å². The summed E-state index contributed by atoms with van der Waals surface area (Å²) in [5.74, 6) is 0. The van der Waals surface area contributed by atoms with Gasteiger partial charge >= 0.3 is 0 Å². The van der Waals surface area contributed by atoms with Crippen LogP contribution in [-0.2, 0) is 0 Å². The zero-order chi connectivity index (χ0) is 13.0. The molecule has 0 bridgehead atoms. The highest BCUT2D eigenvalue weighted by Crippen LogP contribution is 2.34. The number of hydrogen-bond acceptors (Lipinski definition) is 0. The average Bonchev–Trinajstić information content (AvgIpc) is 2.36. The van der Waals surface area contributed by atoms with E-state index in [0.717, 1.165) is 0 Å². The number of hydrogen-bond donors (Lipinski definition) is 0. The van der Waals surface area contributed by atoms with Gasteiger partial charge in [-0.25, -0.2) is 0 Å². The van der Waals surface area contributed by atoms with E-state index in [1.165, 1.54) is 34.3 Å². The molecule has 0 fully saturated rings. The van der Waals surface area contributed by atoms with Gasteiger partial charge in [0, 0.05) is 0 Å². The van der Waals surface area contributed by atoms with Crippen LogP contribution in [0.1, 0.15) is 24.5 Å². The van der Waals surface area contributed by atoms with E-state index < -0.39 is 0 Å².